The third-order valence-electron chi connectivity index (χ3n) is 4.98. The number of ether oxygens (including phenoxy) is 1. The zero-order valence-electron chi connectivity index (χ0n) is 16.0. The first kappa shape index (κ1) is 20.8. The molecule has 6 nitrogen and oxygen atoms in total. The van der Waals surface area contributed by atoms with E-state index in [0.29, 0.717) is 25.3 Å². The zero-order chi connectivity index (χ0) is 21.1. The average Bonchev–Trinajstić information content (AvgIpc) is 3.22. The quantitative estimate of drug-likeness (QED) is 0.535. The number of carbonyl (C=O) groups excluding carboxylic acids is 1. The molecule has 1 aromatic heterocycles. The maximum atomic E-state index is 13.1. The van der Waals surface area contributed by atoms with E-state index in [4.69, 9.17) is 9.15 Å². The number of carbonyl (C=O) groups is 1. The summed E-state index contributed by atoms with van der Waals surface area (Å²) < 4.78 is 37.7. The van der Waals surface area contributed by atoms with Gasteiger partial charge in [-0.25, -0.2) is 8.42 Å². The first-order valence-corrected chi connectivity index (χ1v) is 11.9. The number of morpholine rings is 1. The van der Waals surface area contributed by atoms with Gasteiger partial charge in [0.15, 0.2) is 15.6 Å². The number of hydrogen-bond acceptors (Lipinski definition) is 5. The highest BCUT2D eigenvalue weighted by atomic mass is 79.9. The Bertz CT molecular complexity index is 1130. The predicted molar refractivity (Wildman–Crippen MR) is 115 cm³/mol. The molecule has 156 valence electrons. The lowest BCUT2D eigenvalue weighted by Gasteiger charge is -2.33. The van der Waals surface area contributed by atoms with Gasteiger partial charge in [-0.1, -0.05) is 46.3 Å². The van der Waals surface area contributed by atoms with Crippen molar-refractivity contribution < 1.29 is 22.4 Å². The number of nitrogens with zero attached hydrogens (tertiary/aromatic N) is 1. The van der Waals surface area contributed by atoms with E-state index < -0.39 is 9.84 Å². The molecule has 0 N–H and O–H groups in total. The second-order valence-corrected chi connectivity index (χ2v) is 9.91. The molecule has 8 heteroatoms. The summed E-state index contributed by atoms with van der Waals surface area (Å²) >= 11 is 3.41. The van der Waals surface area contributed by atoms with E-state index in [2.05, 4.69) is 15.9 Å². The van der Waals surface area contributed by atoms with Crippen molar-refractivity contribution in [2.75, 3.05) is 19.7 Å². The molecule has 0 aliphatic carbocycles. The van der Waals surface area contributed by atoms with Gasteiger partial charge in [0.25, 0.3) is 5.91 Å². The van der Waals surface area contributed by atoms with Crippen molar-refractivity contribution in [3.63, 3.8) is 0 Å². The summed E-state index contributed by atoms with van der Waals surface area (Å²) in [5.74, 6) is -0.565. The summed E-state index contributed by atoms with van der Waals surface area (Å²) in [5.41, 5.74) is 1.33. The van der Waals surface area contributed by atoms with Crippen molar-refractivity contribution >= 4 is 31.7 Å². The van der Waals surface area contributed by atoms with Crippen molar-refractivity contribution in [2.24, 2.45) is 0 Å². The smallest absolute Gasteiger partial charge is 0.290 e. The van der Waals surface area contributed by atoms with E-state index in [0.717, 1.165) is 10.0 Å². The largest absolute Gasteiger partial charge is 0.459 e. The maximum Gasteiger partial charge on any atom is 0.290 e. The number of rotatable bonds is 5. The van der Waals surface area contributed by atoms with Gasteiger partial charge >= 0.3 is 0 Å². The highest BCUT2D eigenvalue weighted by Crippen LogP contribution is 2.26. The fourth-order valence-corrected chi connectivity index (χ4v) is 5.05. The zero-order valence-corrected chi connectivity index (χ0v) is 18.4. The van der Waals surface area contributed by atoms with Crippen LogP contribution in [0.1, 0.15) is 27.8 Å². The molecule has 2 aromatic carbocycles. The minimum Gasteiger partial charge on any atom is -0.459 e. The monoisotopic (exact) mass is 489 g/mol. The molecule has 4 rings (SSSR count). The van der Waals surface area contributed by atoms with Crippen molar-refractivity contribution in [1.82, 2.24) is 4.90 Å². The van der Waals surface area contributed by atoms with Crippen molar-refractivity contribution in [1.29, 1.82) is 0 Å². The lowest BCUT2D eigenvalue weighted by molar-refractivity contribution is -0.0238. The van der Waals surface area contributed by atoms with Crippen molar-refractivity contribution in [3.05, 3.63) is 88.3 Å². The number of halogens is 1. The van der Waals surface area contributed by atoms with Gasteiger partial charge in [0.05, 0.1) is 30.1 Å². The SMILES string of the molecule is O=C(c1occc1CS(=O)(=O)c1ccccc1)N1CCOC(c2ccc(Br)cc2)C1. The summed E-state index contributed by atoms with van der Waals surface area (Å²) in [4.78, 5) is 15.0. The van der Waals surface area contributed by atoms with E-state index in [1.165, 1.54) is 6.26 Å². The van der Waals surface area contributed by atoms with Crippen LogP contribution >= 0.6 is 15.9 Å². The van der Waals surface area contributed by atoms with Crippen molar-refractivity contribution in [2.45, 2.75) is 16.8 Å². The molecule has 0 spiro atoms. The number of benzene rings is 2. The second-order valence-electron chi connectivity index (χ2n) is 7.01. The molecule has 3 aromatic rings. The molecule has 1 unspecified atom stereocenters. The molecule has 1 amide bonds. The molecule has 1 atom stereocenters. The van der Waals surface area contributed by atoms with Crippen LogP contribution in [0.2, 0.25) is 0 Å². The van der Waals surface area contributed by atoms with Gasteiger partial charge in [-0.05, 0) is 35.9 Å². The molecule has 1 aliphatic heterocycles. The molecule has 1 aliphatic rings. The Hall–Kier alpha value is -2.42. The van der Waals surface area contributed by atoms with Crippen LogP contribution in [-0.2, 0) is 20.3 Å². The van der Waals surface area contributed by atoms with Crippen LogP contribution in [0.15, 0.2) is 80.7 Å². The Morgan fingerprint density at radius 3 is 2.53 bits per heavy atom. The van der Waals surface area contributed by atoms with Crippen LogP contribution in [0.3, 0.4) is 0 Å². The molecule has 2 heterocycles. The third kappa shape index (κ3) is 4.50. The maximum absolute atomic E-state index is 13.1. The van der Waals surface area contributed by atoms with E-state index >= 15 is 0 Å². The van der Waals surface area contributed by atoms with Gasteiger partial charge in [0, 0.05) is 16.6 Å². The standard InChI is InChI=1S/C22H20BrNO5S/c23-18-8-6-16(7-9-18)20-14-24(11-13-28-20)22(25)21-17(10-12-29-21)15-30(26,27)19-4-2-1-3-5-19/h1-10,12,20H,11,13-15H2. The van der Waals surface area contributed by atoms with E-state index in [9.17, 15) is 13.2 Å². The number of amides is 1. The van der Waals surface area contributed by atoms with Gasteiger partial charge < -0.3 is 14.1 Å². The van der Waals surface area contributed by atoms with Gasteiger partial charge in [-0.2, -0.15) is 0 Å². The third-order valence-corrected chi connectivity index (χ3v) is 7.19. The van der Waals surface area contributed by atoms with Gasteiger partial charge in [0.1, 0.15) is 6.10 Å². The predicted octanol–water partition coefficient (Wildman–Crippen LogP) is 4.23. The molecular formula is C22H20BrNO5S. The minimum absolute atomic E-state index is 0.0611. The van der Waals surface area contributed by atoms with Gasteiger partial charge in [-0.3, -0.25) is 4.79 Å². The topological polar surface area (TPSA) is 76.8 Å². The Labute approximate surface area is 183 Å². The molecule has 0 bridgehead atoms. The number of furan rings is 1. The van der Waals surface area contributed by atoms with Crippen LogP contribution < -0.4 is 0 Å². The van der Waals surface area contributed by atoms with Crippen LogP contribution in [0, 0.1) is 0 Å². The summed E-state index contributed by atoms with van der Waals surface area (Å²) in [6.07, 6.45) is 1.11. The normalized spacial score (nSPS) is 17.1. The van der Waals surface area contributed by atoms with E-state index in [-0.39, 0.29) is 28.4 Å². The summed E-state index contributed by atoms with van der Waals surface area (Å²) in [6.45, 7) is 1.17. The van der Waals surface area contributed by atoms with Crippen LogP contribution in [-0.4, -0.2) is 38.9 Å². The van der Waals surface area contributed by atoms with Crippen molar-refractivity contribution in [3.8, 4) is 0 Å². The summed E-state index contributed by atoms with van der Waals surface area (Å²) in [7, 11) is -3.59. The Morgan fingerprint density at radius 2 is 1.80 bits per heavy atom. The van der Waals surface area contributed by atoms with E-state index in [1.807, 2.05) is 24.3 Å². The molecular weight excluding hydrogens is 470 g/mol. The molecule has 1 saturated heterocycles. The van der Waals surface area contributed by atoms with Crippen LogP contribution in [0.4, 0.5) is 0 Å². The first-order valence-electron chi connectivity index (χ1n) is 9.44. The fraction of sp³-hybridized carbons (Fsp3) is 0.227. The van der Waals surface area contributed by atoms with E-state index in [1.54, 1.807) is 41.3 Å². The first-order chi connectivity index (χ1) is 14.4. The molecule has 0 saturated carbocycles. The fourth-order valence-electron chi connectivity index (χ4n) is 3.41. The number of sulfone groups is 1. The Kier molecular flexibility index (Phi) is 6.08. The summed E-state index contributed by atoms with van der Waals surface area (Å²) in [6, 6.07) is 17.5. The molecule has 0 radical (unpaired) electrons. The molecule has 1 fully saturated rings. The van der Waals surface area contributed by atoms with Crippen LogP contribution in [0.5, 0.6) is 0 Å². The molecule has 30 heavy (non-hydrogen) atoms. The lowest BCUT2D eigenvalue weighted by Crippen LogP contribution is -2.42. The Morgan fingerprint density at radius 1 is 1.07 bits per heavy atom. The number of hydrogen-bond donors (Lipinski definition) is 0. The highest BCUT2D eigenvalue weighted by molar-refractivity contribution is 9.10. The van der Waals surface area contributed by atoms with Crippen LogP contribution in [0.25, 0.3) is 0 Å². The average molecular weight is 490 g/mol. The Balaban J connectivity index is 1.52. The van der Waals surface area contributed by atoms with Gasteiger partial charge in [-0.15, -0.1) is 0 Å². The van der Waals surface area contributed by atoms with Gasteiger partial charge in [0.2, 0.25) is 0 Å². The minimum atomic E-state index is -3.59. The second kappa shape index (κ2) is 8.75. The highest BCUT2D eigenvalue weighted by Gasteiger charge is 2.30. The summed E-state index contributed by atoms with van der Waals surface area (Å²) in [5, 5.41) is 0. The lowest BCUT2D eigenvalue weighted by atomic mass is 10.1.